The summed E-state index contributed by atoms with van der Waals surface area (Å²) in [4.78, 5) is 0. The molecule has 0 radical (unpaired) electrons. The summed E-state index contributed by atoms with van der Waals surface area (Å²) in [5.41, 5.74) is -0.322. The van der Waals surface area contributed by atoms with Crippen LogP contribution in [0.2, 0.25) is 0 Å². The van der Waals surface area contributed by atoms with Crippen LogP contribution < -0.4 is 0 Å². The largest absolute Gasteiger partial charge is 0.503 e. The molecule has 0 bridgehead atoms. The van der Waals surface area contributed by atoms with Crippen LogP contribution in [0.3, 0.4) is 0 Å². The van der Waals surface area contributed by atoms with Gasteiger partial charge in [-0.1, -0.05) is 0 Å². The van der Waals surface area contributed by atoms with E-state index in [1.165, 1.54) is 6.07 Å². The van der Waals surface area contributed by atoms with E-state index in [1.54, 1.807) is 0 Å². The maximum atomic E-state index is 12.8. The lowest BCUT2D eigenvalue weighted by Gasteiger charge is -2.12. The predicted octanol–water partition coefficient (Wildman–Crippen LogP) is 0.588. The number of rotatable bonds is 2. The normalized spacial score (nSPS) is 14.3. The molecule has 2 unspecified atom stereocenters. The van der Waals surface area contributed by atoms with Gasteiger partial charge in [0.05, 0.1) is 6.07 Å². The maximum Gasteiger partial charge on any atom is 0.187 e. The van der Waals surface area contributed by atoms with E-state index in [9.17, 15) is 13.9 Å². The number of phenolic OH excluding ortho intramolecular Hbond substituents is 1. The molecule has 0 saturated heterocycles. The first-order chi connectivity index (χ1) is 6.97. The molecule has 0 aromatic heterocycles. The van der Waals surface area contributed by atoms with Crippen molar-refractivity contribution < 1.29 is 24.1 Å². The van der Waals surface area contributed by atoms with Crippen molar-refractivity contribution in [3.63, 3.8) is 0 Å². The predicted molar refractivity (Wildman–Crippen MR) is 44.6 cm³/mol. The van der Waals surface area contributed by atoms with Crippen molar-refractivity contribution in [2.24, 2.45) is 0 Å². The monoisotopic (exact) mass is 215 g/mol. The first kappa shape index (κ1) is 11.4. The number of benzene rings is 1. The fourth-order valence-corrected chi connectivity index (χ4v) is 1.01. The molecule has 0 saturated carbocycles. The molecule has 0 spiro atoms. The molecular weight excluding hydrogens is 208 g/mol. The van der Waals surface area contributed by atoms with Gasteiger partial charge in [0, 0.05) is 0 Å². The van der Waals surface area contributed by atoms with E-state index >= 15 is 0 Å². The van der Waals surface area contributed by atoms with Crippen molar-refractivity contribution in [2.45, 2.75) is 12.2 Å². The Kier molecular flexibility index (Phi) is 3.19. The Bertz CT molecular complexity index is 393. The average molecular weight is 215 g/mol. The summed E-state index contributed by atoms with van der Waals surface area (Å²) in [5.74, 6) is -3.71. The van der Waals surface area contributed by atoms with Crippen LogP contribution >= 0.6 is 0 Å². The molecule has 0 aliphatic rings. The Morgan fingerprint density at radius 3 is 2.07 bits per heavy atom. The van der Waals surface area contributed by atoms with Gasteiger partial charge in [0.1, 0.15) is 6.10 Å². The van der Waals surface area contributed by atoms with Crippen LogP contribution in [0.15, 0.2) is 12.1 Å². The van der Waals surface area contributed by atoms with Crippen LogP contribution in [0.4, 0.5) is 8.78 Å². The first-order valence-electron chi connectivity index (χ1n) is 3.91. The van der Waals surface area contributed by atoms with Gasteiger partial charge in [-0.05, 0) is 17.7 Å². The Morgan fingerprint density at radius 2 is 1.67 bits per heavy atom. The Labute approximate surface area is 83.6 Å². The summed E-state index contributed by atoms with van der Waals surface area (Å²) in [5, 5.41) is 35.2. The van der Waals surface area contributed by atoms with Gasteiger partial charge in [-0.15, -0.1) is 0 Å². The number of halogens is 2. The highest BCUT2D eigenvalue weighted by Crippen LogP contribution is 2.26. The second-order valence-electron chi connectivity index (χ2n) is 2.85. The highest BCUT2D eigenvalue weighted by molar-refractivity contribution is 5.32. The number of aliphatic hydroxyl groups is 2. The fourth-order valence-electron chi connectivity index (χ4n) is 1.01. The van der Waals surface area contributed by atoms with Crippen molar-refractivity contribution in [2.75, 3.05) is 0 Å². The van der Waals surface area contributed by atoms with Crippen molar-refractivity contribution in [3.8, 4) is 11.8 Å². The Morgan fingerprint density at radius 1 is 1.20 bits per heavy atom. The number of hydrogen-bond donors (Lipinski definition) is 3. The highest BCUT2D eigenvalue weighted by Gasteiger charge is 2.21. The van der Waals surface area contributed by atoms with Crippen molar-refractivity contribution >= 4 is 0 Å². The lowest BCUT2D eigenvalue weighted by atomic mass is 10.0. The summed E-state index contributed by atoms with van der Waals surface area (Å²) >= 11 is 0. The highest BCUT2D eigenvalue weighted by atomic mass is 19.1. The van der Waals surface area contributed by atoms with Gasteiger partial charge >= 0.3 is 0 Å². The van der Waals surface area contributed by atoms with Gasteiger partial charge < -0.3 is 15.3 Å². The minimum absolute atomic E-state index is 0.322. The second-order valence-corrected chi connectivity index (χ2v) is 2.85. The summed E-state index contributed by atoms with van der Waals surface area (Å²) in [6.07, 6.45) is -3.51. The van der Waals surface area contributed by atoms with E-state index in [-0.39, 0.29) is 5.56 Å². The fraction of sp³-hybridized carbons (Fsp3) is 0.222. The molecule has 0 fully saturated rings. The Balaban J connectivity index is 3.12. The van der Waals surface area contributed by atoms with Crippen LogP contribution in [0, 0.1) is 23.0 Å². The molecule has 0 heterocycles. The second kappa shape index (κ2) is 4.21. The van der Waals surface area contributed by atoms with Crippen LogP contribution in [0.5, 0.6) is 5.75 Å². The van der Waals surface area contributed by atoms with Gasteiger partial charge in [0.25, 0.3) is 0 Å². The standard InChI is InChI=1S/C9H7F2NO3/c10-5-1-4(2-6(11)9(5)15)8(14)7(13)3-12/h1-2,7-8,13-15H. The van der Waals surface area contributed by atoms with Crippen molar-refractivity contribution in [3.05, 3.63) is 29.3 Å². The number of nitriles is 1. The van der Waals surface area contributed by atoms with Crippen LogP contribution in [-0.2, 0) is 0 Å². The van der Waals surface area contributed by atoms with Crippen molar-refractivity contribution in [1.29, 1.82) is 5.26 Å². The molecule has 1 aromatic carbocycles. The molecule has 0 aliphatic carbocycles. The molecule has 2 atom stereocenters. The zero-order chi connectivity index (χ0) is 11.6. The van der Waals surface area contributed by atoms with Gasteiger partial charge in [0.15, 0.2) is 23.5 Å². The number of phenols is 1. The van der Waals surface area contributed by atoms with Crippen LogP contribution in [0.25, 0.3) is 0 Å². The summed E-state index contributed by atoms with van der Waals surface area (Å²) < 4.78 is 25.6. The van der Waals surface area contributed by atoms with E-state index in [0.717, 1.165) is 0 Å². The minimum Gasteiger partial charge on any atom is -0.503 e. The number of aliphatic hydroxyl groups excluding tert-OH is 2. The average Bonchev–Trinajstić information content (AvgIpc) is 2.23. The van der Waals surface area contributed by atoms with Gasteiger partial charge in [-0.3, -0.25) is 0 Å². The molecule has 3 N–H and O–H groups in total. The quantitative estimate of drug-likeness (QED) is 0.630. The zero-order valence-electron chi connectivity index (χ0n) is 7.35. The molecule has 80 valence electrons. The molecule has 1 aromatic rings. The van der Waals surface area contributed by atoms with E-state index in [0.29, 0.717) is 12.1 Å². The lowest BCUT2D eigenvalue weighted by Crippen LogP contribution is -2.16. The van der Waals surface area contributed by atoms with E-state index in [4.69, 9.17) is 15.5 Å². The molecule has 6 heteroatoms. The molecule has 4 nitrogen and oxygen atoms in total. The SMILES string of the molecule is N#CC(O)C(O)c1cc(F)c(O)c(F)c1. The van der Waals surface area contributed by atoms with Gasteiger partial charge in [-0.2, -0.15) is 5.26 Å². The molecule has 0 aliphatic heterocycles. The smallest absolute Gasteiger partial charge is 0.187 e. The third kappa shape index (κ3) is 2.21. The number of hydrogen-bond acceptors (Lipinski definition) is 4. The molecule has 15 heavy (non-hydrogen) atoms. The third-order valence-corrected chi connectivity index (χ3v) is 1.81. The molecular formula is C9H7F2NO3. The Hall–Kier alpha value is -1.71. The van der Waals surface area contributed by atoms with Crippen LogP contribution in [-0.4, -0.2) is 21.4 Å². The summed E-state index contributed by atoms with van der Waals surface area (Å²) in [6, 6.07) is 2.60. The van der Waals surface area contributed by atoms with Crippen LogP contribution in [0.1, 0.15) is 11.7 Å². The van der Waals surface area contributed by atoms with Gasteiger partial charge in [0.2, 0.25) is 0 Å². The van der Waals surface area contributed by atoms with Crippen molar-refractivity contribution in [1.82, 2.24) is 0 Å². The summed E-state index contributed by atoms with van der Waals surface area (Å²) in [7, 11) is 0. The lowest BCUT2D eigenvalue weighted by molar-refractivity contribution is 0.0523. The zero-order valence-corrected chi connectivity index (χ0v) is 7.35. The third-order valence-electron chi connectivity index (χ3n) is 1.81. The van der Waals surface area contributed by atoms with E-state index in [1.807, 2.05) is 0 Å². The minimum atomic E-state index is -1.78. The summed E-state index contributed by atoms with van der Waals surface area (Å²) in [6.45, 7) is 0. The number of nitrogens with zero attached hydrogens (tertiary/aromatic N) is 1. The van der Waals surface area contributed by atoms with Gasteiger partial charge in [-0.25, -0.2) is 8.78 Å². The maximum absolute atomic E-state index is 12.8. The first-order valence-corrected chi connectivity index (χ1v) is 3.91. The topological polar surface area (TPSA) is 84.5 Å². The molecule has 1 rings (SSSR count). The van der Waals surface area contributed by atoms with E-state index < -0.39 is 29.6 Å². The number of aromatic hydroxyl groups is 1. The van der Waals surface area contributed by atoms with E-state index in [2.05, 4.69) is 0 Å². The molecule has 0 amide bonds.